The molecular formula is C13H16O4. The van der Waals surface area contributed by atoms with E-state index in [1.807, 2.05) is 30.3 Å². The van der Waals surface area contributed by atoms with Crippen LogP contribution in [0.1, 0.15) is 25.3 Å². The molecule has 92 valence electrons. The molecule has 0 heterocycles. The molecule has 0 spiro atoms. The molecule has 0 aliphatic carbocycles. The average Bonchev–Trinajstić information content (AvgIpc) is 2.29. The minimum atomic E-state index is -1.08. The quantitative estimate of drug-likeness (QED) is 0.822. The molecule has 17 heavy (non-hydrogen) atoms. The van der Waals surface area contributed by atoms with Crippen LogP contribution in [0.2, 0.25) is 0 Å². The van der Waals surface area contributed by atoms with Crippen LogP contribution in [-0.2, 0) is 9.59 Å². The lowest BCUT2D eigenvalue weighted by Gasteiger charge is -2.23. The Bertz CT molecular complexity index is 399. The van der Waals surface area contributed by atoms with Gasteiger partial charge in [-0.05, 0) is 11.5 Å². The van der Waals surface area contributed by atoms with Gasteiger partial charge in [-0.15, -0.1) is 0 Å². The summed E-state index contributed by atoms with van der Waals surface area (Å²) in [7, 11) is 0. The summed E-state index contributed by atoms with van der Waals surface area (Å²) in [5.74, 6) is -4.33. The zero-order chi connectivity index (χ0) is 13.0. The Labute approximate surface area is 99.9 Å². The van der Waals surface area contributed by atoms with Gasteiger partial charge in [-0.2, -0.15) is 0 Å². The molecule has 2 N–H and O–H groups in total. The summed E-state index contributed by atoms with van der Waals surface area (Å²) in [5, 5.41) is 18.1. The highest BCUT2D eigenvalue weighted by molar-refractivity contribution is 5.80. The van der Waals surface area contributed by atoms with E-state index in [2.05, 4.69) is 0 Å². The van der Waals surface area contributed by atoms with Crippen molar-refractivity contribution in [2.24, 2.45) is 11.8 Å². The number of hydrogen-bond acceptors (Lipinski definition) is 2. The molecule has 1 rings (SSSR count). The van der Waals surface area contributed by atoms with Gasteiger partial charge in [0.05, 0.1) is 11.8 Å². The predicted octanol–water partition coefficient (Wildman–Crippen LogP) is 2.21. The minimum absolute atomic E-state index is 0.334. The topological polar surface area (TPSA) is 74.6 Å². The number of benzene rings is 1. The van der Waals surface area contributed by atoms with Crippen molar-refractivity contribution in [3.63, 3.8) is 0 Å². The summed E-state index contributed by atoms with van der Waals surface area (Å²) in [6, 6.07) is 9.10. The Morgan fingerprint density at radius 1 is 1.00 bits per heavy atom. The lowest BCUT2D eigenvalue weighted by atomic mass is 9.80. The van der Waals surface area contributed by atoms with Gasteiger partial charge in [-0.25, -0.2) is 0 Å². The maximum Gasteiger partial charge on any atom is 0.307 e. The Morgan fingerprint density at radius 2 is 1.53 bits per heavy atom. The molecule has 1 aromatic carbocycles. The number of hydrogen-bond donors (Lipinski definition) is 2. The van der Waals surface area contributed by atoms with Crippen molar-refractivity contribution in [3.8, 4) is 0 Å². The lowest BCUT2D eigenvalue weighted by Crippen LogP contribution is -2.31. The standard InChI is InChI=1S/C13H16O4/c1-8(10-6-4-3-5-7-10)11(13(16)17)9(2)12(14)15/h3-9,11H,1-2H3,(H,14,15)(H,16,17)/t8?,9-,11?/m1/s1. The van der Waals surface area contributed by atoms with Crippen LogP contribution >= 0.6 is 0 Å². The van der Waals surface area contributed by atoms with Gasteiger partial charge in [0.25, 0.3) is 0 Å². The molecule has 2 unspecified atom stereocenters. The van der Waals surface area contributed by atoms with Crippen molar-refractivity contribution in [1.82, 2.24) is 0 Å². The zero-order valence-corrected chi connectivity index (χ0v) is 9.83. The molecule has 4 nitrogen and oxygen atoms in total. The summed E-state index contributed by atoms with van der Waals surface area (Å²) >= 11 is 0. The van der Waals surface area contributed by atoms with Crippen LogP contribution in [0.3, 0.4) is 0 Å². The third kappa shape index (κ3) is 3.06. The van der Waals surface area contributed by atoms with Gasteiger partial charge in [-0.3, -0.25) is 9.59 Å². The molecule has 0 radical (unpaired) electrons. The number of carboxylic acids is 2. The van der Waals surface area contributed by atoms with Gasteiger partial charge in [0.15, 0.2) is 0 Å². The van der Waals surface area contributed by atoms with E-state index in [-0.39, 0.29) is 5.92 Å². The van der Waals surface area contributed by atoms with Crippen LogP contribution < -0.4 is 0 Å². The van der Waals surface area contributed by atoms with E-state index >= 15 is 0 Å². The summed E-state index contributed by atoms with van der Waals surface area (Å²) in [5.41, 5.74) is 0.841. The first kappa shape index (κ1) is 13.2. The maximum atomic E-state index is 11.2. The molecule has 3 atom stereocenters. The van der Waals surface area contributed by atoms with Gasteiger partial charge >= 0.3 is 11.9 Å². The maximum absolute atomic E-state index is 11.2. The molecule has 0 saturated heterocycles. The molecule has 0 bridgehead atoms. The molecule has 4 heteroatoms. The second-order valence-electron chi connectivity index (χ2n) is 4.19. The molecular weight excluding hydrogens is 220 g/mol. The normalized spacial score (nSPS) is 15.9. The lowest BCUT2D eigenvalue weighted by molar-refractivity contribution is -0.153. The Morgan fingerprint density at radius 3 is 1.94 bits per heavy atom. The second kappa shape index (κ2) is 5.48. The van der Waals surface area contributed by atoms with Crippen molar-refractivity contribution in [1.29, 1.82) is 0 Å². The van der Waals surface area contributed by atoms with Crippen molar-refractivity contribution >= 4 is 11.9 Å². The second-order valence-corrected chi connectivity index (χ2v) is 4.19. The first-order valence-electron chi connectivity index (χ1n) is 5.45. The first-order valence-corrected chi connectivity index (χ1v) is 5.45. The third-order valence-corrected chi connectivity index (χ3v) is 3.08. The van der Waals surface area contributed by atoms with Crippen molar-refractivity contribution in [2.75, 3.05) is 0 Å². The Kier molecular flexibility index (Phi) is 4.26. The van der Waals surface area contributed by atoms with Crippen molar-refractivity contribution < 1.29 is 19.8 Å². The van der Waals surface area contributed by atoms with E-state index in [0.717, 1.165) is 5.56 Å². The number of aliphatic carboxylic acids is 2. The number of carboxylic acid groups (broad SMARTS) is 2. The first-order chi connectivity index (χ1) is 7.95. The highest BCUT2D eigenvalue weighted by Crippen LogP contribution is 2.30. The molecule has 0 fully saturated rings. The molecule has 0 aliphatic rings. The SMILES string of the molecule is CC(c1ccccc1)C(C(=O)O)[C@@H](C)C(=O)O. The minimum Gasteiger partial charge on any atom is -0.481 e. The number of rotatable bonds is 5. The Balaban J connectivity index is 3.00. The largest absolute Gasteiger partial charge is 0.481 e. The predicted molar refractivity (Wildman–Crippen MR) is 62.8 cm³/mol. The van der Waals surface area contributed by atoms with Crippen molar-refractivity contribution in [3.05, 3.63) is 35.9 Å². The summed E-state index contributed by atoms with van der Waals surface area (Å²) in [6.45, 7) is 3.17. The molecule has 0 saturated carbocycles. The molecule has 0 amide bonds. The smallest absolute Gasteiger partial charge is 0.307 e. The van der Waals surface area contributed by atoms with Gasteiger partial charge in [0, 0.05) is 0 Å². The highest BCUT2D eigenvalue weighted by Gasteiger charge is 2.35. The van der Waals surface area contributed by atoms with Crippen LogP contribution in [-0.4, -0.2) is 22.2 Å². The fourth-order valence-electron chi connectivity index (χ4n) is 1.98. The van der Waals surface area contributed by atoms with Crippen LogP contribution in [0.15, 0.2) is 30.3 Å². The summed E-state index contributed by atoms with van der Waals surface area (Å²) < 4.78 is 0. The number of carbonyl (C=O) groups is 2. The summed E-state index contributed by atoms with van der Waals surface area (Å²) in [4.78, 5) is 22.1. The average molecular weight is 236 g/mol. The molecule has 0 aliphatic heterocycles. The Hall–Kier alpha value is -1.84. The summed E-state index contributed by atoms with van der Waals surface area (Å²) in [6.07, 6.45) is 0. The van der Waals surface area contributed by atoms with Crippen molar-refractivity contribution in [2.45, 2.75) is 19.8 Å². The van der Waals surface area contributed by atoms with E-state index in [4.69, 9.17) is 10.2 Å². The van der Waals surface area contributed by atoms with E-state index in [0.29, 0.717) is 0 Å². The van der Waals surface area contributed by atoms with Crippen LogP contribution in [0.25, 0.3) is 0 Å². The van der Waals surface area contributed by atoms with Crippen LogP contribution in [0.5, 0.6) is 0 Å². The monoisotopic (exact) mass is 236 g/mol. The van der Waals surface area contributed by atoms with Gasteiger partial charge in [-0.1, -0.05) is 44.2 Å². The van der Waals surface area contributed by atoms with E-state index in [1.165, 1.54) is 6.92 Å². The highest BCUT2D eigenvalue weighted by atomic mass is 16.4. The van der Waals surface area contributed by atoms with E-state index < -0.39 is 23.8 Å². The van der Waals surface area contributed by atoms with E-state index in [1.54, 1.807) is 6.92 Å². The fourth-order valence-corrected chi connectivity index (χ4v) is 1.98. The molecule has 0 aromatic heterocycles. The zero-order valence-electron chi connectivity index (χ0n) is 9.83. The fraction of sp³-hybridized carbons (Fsp3) is 0.385. The van der Waals surface area contributed by atoms with Gasteiger partial charge < -0.3 is 10.2 Å². The van der Waals surface area contributed by atoms with Gasteiger partial charge in [0.2, 0.25) is 0 Å². The third-order valence-electron chi connectivity index (χ3n) is 3.08. The molecule has 1 aromatic rings. The van der Waals surface area contributed by atoms with Crippen LogP contribution in [0.4, 0.5) is 0 Å². The van der Waals surface area contributed by atoms with Crippen LogP contribution in [0, 0.1) is 11.8 Å². The van der Waals surface area contributed by atoms with E-state index in [9.17, 15) is 9.59 Å². The van der Waals surface area contributed by atoms with Gasteiger partial charge in [0.1, 0.15) is 0 Å².